The van der Waals surface area contributed by atoms with Crippen LogP contribution in [0.2, 0.25) is 5.02 Å². The molecule has 4 nitrogen and oxygen atoms in total. The molecule has 0 radical (unpaired) electrons. The van der Waals surface area contributed by atoms with Crippen molar-refractivity contribution in [2.45, 2.75) is 19.1 Å². The third kappa shape index (κ3) is 4.74. The van der Waals surface area contributed by atoms with Crippen molar-refractivity contribution in [3.8, 4) is 5.75 Å². The highest BCUT2D eigenvalue weighted by atomic mass is 35.5. The van der Waals surface area contributed by atoms with E-state index in [2.05, 4.69) is 5.32 Å². The summed E-state index contributed by atoms with van der Waals surface area (Å²) in [7, 11) is 0. The molecule has 2 atom stereocenters. The van der Waals surface area contributed by atoms with E-state index in [1.54, 1.807) is 31.2 Å². The summed E-state index contributed by atoms with van der Waals surface area (Å²) in [6.07, 6.45) is -1.36. The van der Waals surface area contributed by atoms with Crippen LogP contribution >= 0.6 is 22.9 Å². The maximum absolute atomic E-state index is 11.9. The molecular formula is C15H16ClNO3S. The van der Waals surface area contributed by atoms with Crippen LogP contribution in [0.4, 0.5) is 0 Å². The van der Waals surface area contributed by atoms with Gasteiger partial charge in [0.05, 0.1) is 6.10 Å². The Morgan fingerprint density at radius 1 is 1.38 bits per heavy atom. The maximum Gasteiger partial charge on any atom is 0.260 e. The second-order valence-electron chi connectivity index (χ2n) is 4.53. The van der Waals surface area contributed by atoms with E-state index in [9.17, 15) is 9.90 Å². The van der Waals surface area contributed by atoms with Gasteiger partial charge in [-0.3, -0.25) is 4.79 Å². The van der Waals surface area contributed by atoms with Gasteiger partial charge in [-0.1, -0.05) is 11.6 Å². The molecule has 1 heterocycles. The number of aliphatic hydroxyl groups excluding tert-OH is 1. The largest absolute Gasteiger partial charge is 0.481 e. The molecule has 0 fully saturated rings. The van der Waals surface area contributed by atoms with Gasteiger partial charge in [-0.05, 0) is 53.6 Å². The standard InChI is InChI=1S/C15H16ClNO3S/c1-10(20-13-4-2-12(16)3-5-13)15(19)17-8-14(18)11-6-7-21-9-11/h2-7,9-10,14,18H,8H2,1H3,(H,17,19). The van der Waals surface area contributed by atoms with Crippen LogP contribution in [0.3, 0.4) is 0 Å². The highest BCUT2D eigenvalue weighted by Gasteiger charge is 2.16. The van der Waals surface area contributed by atoms with Gasteiger partial charge in [0, 0.05) is 11.6 Å². The molecular weight excluding hydrogens is 310 g/mol. The van der Waals surface area contributed by atoms with Crippen molar-refractivity contribution in [3.63, 3.8) is 0 Å². The summed E-state index contributed by atoms with van der Waals surface area (Å²) >= 11 is 7.29. The molecule has 112 valence electrons. The first-order chi connectivity index (χ1) is 10.1. The average molecular weight is 326 g/mol. The molecule has 0 bridgehead atoms. The van der Waals surface area contributed by atoms with E-state index in [1.165, 1.54) is 11.3 Å². The van der Waals surface area contributed by atoms with Crippen LogP contribution in [0.5, 0.6) is 5.75 Å². The van der Waals surface area contributed by atoms with E-state index in [-0.39, 0.29) is 12.5 Å². The van der Waals surface area contributed by atoms with Crippen LogP contribution in [0.15, 0.2) is 41.1 Å². The topological polar surface area (TPSA) is 58.6 Å². The number of nitrogens with one attached hydrogen (secondary N) is 1. The number of aliphatic hydroxyl groups is 1. The van der Waals surface area contributed by atoms with Gasteiger partial charge in [-0.2, -0.15) is 11.3 Å². The summed E-state index contributed by atoms with van der Waals surface area (Å²) in [6, 6.07) is 8.62. The Morgan fingerprint density at radius 3 is 2.71 bits per heavy atom. The van der Waals surface area contributed by atoms with Crippen LogP contribution in [0.1, 0.15) is 18.6 Å². The molecule has 0 saturated carbocycles. The average Bonchev–Trinajstić information content (AvgIpc) is 3.01. The summed E-state index contributed by atoms with van der Waals surface area (Å²) in [5, 5.41) is 16.9. The fourth-order valence-electron chi connectivity index (χ4n) is 1.69. The number of hydrogen-bond acceptors (Lipinski definition) is 4. The minimum Gasteiger partial charge on any atom is -0.481 e. The molecule has 2 rings (SSSR count). The van der Waals surface area contributed by atoms with Crippen LogP contribution in [-0.2, 0) is 4.79 Å². The van der Waals surface area contributed by atoms with Crippen molar-refractivity contribution in [3.05, 3.63) is 51.7 Å². The SMILES string of the molecule is CC(Oc1ccc(Cl)cc1)C(=O)NCC(O)c1ccsc1. The van der Waals surface area contributed by atoms with Gasteiger partial charge in [-0.15, -0.1) is 0 Å². The minimum absolute atomic E-state index is 0.157. The van der Waals surface area contributed by atoms with Gasteiger partial charge >= 0.3 is 0 Å². The Hall–Kier alpha value is -1.56. The van der Waals surface area contributed by atoms with Gasteiger partial charge < -0.3 is 15.2 Å². The molecule has 21 heavy (non-hydrogen) atoms. The van der Waals surface area contributed by atoms with Gasteiger partial charge in [0.25, 0.3) is 5.91 Å². The fourth-order valence-corrected chi connectivity index (χ4v) is 2.53. The molecule has 0 aliphatic carbocycles. The zero-order chi connectivity index (χ0) is 15.2. The molecule has 0 spiro atoms. The van der Waals surface area contributed by atoms with E-state index in [1.807, 2.05) is 16.8 Å². The molecule has 2 N–H and O–H groups in total. The number of carbonyl (C=O) groups is 1. The number of rotatable bonds is 6. The van der Waals surface area contributed by atoms with E-state index in [0.717, 1.165) is 5.56 Å². The normalized spacial score (nSPS) is 13.5. The molecule has 0 saturated heterocycles. The zero-order valence-corrected chi connectivity index (χ0v) is 13.0. The highest BCUT2D eigenvalue weighted by molar-refractivity contribution is 7.07. The number of ether oxygens (including phenoxy) is 1. The second-order valence-corrected chi connectivity index (χ2v) is 5.75. The van der Waals surface area contributed by atoms with Crippen LogP contribution < -0.4 is 10.1 Å². The van der Waals surface area contributed by atoms with Crippen molar-refractivity contribution < 1.29 is 14.6 Å². The molecule has 2 unspecified atom stereocenters. The highest BCUT2D eigenvalue weighted by Crippen LogP contribution is 2.17. The number of carbonyl (C=O) groups excluding carboxylic acids is 1. The van der Waals surface area contributed by atoms with Gasteiger partial charge in [0.2, 0.25) is 0 Å². The predicted molar refractivity (Wildman–Crippen MR) is 83.8 cm³/mol. The van der Waals surface area contributed by atoms with Crippen molar-refractivity contribution in [1.82, 2.24) is 5.32 Å². The van der Waals surface area contributed by atoms with Gasteiger partial charge in [0.15, 0.2) is 6.10 Å². The fraction of sp³-hybridized carbons (Fsp3) is 0.267. The van der Waals surface area contributed by atoms with E-state index in [0.29, 0.717) is 10.8 Å². The summed E-state index contributed by atoms with van der Waals surface area (Å²) in [6.45, 7) is 1.81. The maximum atomic E-state index is 11.9. The van der Waals surface area contributed by atoms with Crippen molar-refractivity contribution in [1.29, 1.82) is 0 Å². The molecule has 1 aromatic carbocycles. The quantitative estimate of drug-likeness (QED) is 0.858. The van der Waals surface area contributed by atoms with Crippen LogP contribution in [0.25, 0.3) is 0 Å². The Kier molecular flexibility index (Phi) is 5.61. The number of hydrogen-bond donors (Lipinski definition) is 2. The van der Waals surface area contributed by atoms with Crippen LogP contribution in [-0.4, -0.2) is 23.7 Å². The van der Waals surface area contributed by atoms with E-state index < -0.39 is 12.2 Å². The lowest BCUT2D eigenvalue weighted by Gasteiger charge is -2.16. The van der Waals surface area contributed by atoms with Gasteiger partial charge in [-0.25, -0.2) is 0 Å². The summed E-state index contributed by atoms with van der Waals surface area (Å²) in [4.78, 5) is 11.9. The van der Waals surface area contributed by atoms with Gasteiger partial charge in [0.1, 0.15) is 5.75 Å². The van der Waals surface area contributed by atoms with E-state index in [4.69, 9.17) is 16.3 Å². The first-order valence-electron chi connectivity index (χ1n) is 6.46. The Bertz CT molecular complexity index is 571. The summed E-state index contributed by atoms with van der Waals surface area (Å²) < 4.78 is 5.50. The van der Waals surface area contributed by atoms with Crippen molar-refractivity contribution in [2.75, 3.05) is 6.54 Å². The Morgan fingerprint density at radius 2 is 2.10 bits per heavy atom. The lowest BCUT2D eigenvalue weighted by molar-refractivity contribution is -0.127. The third-order valence-electron chi connectivity index (χ3n) is 2.89. The Balaban J connectivity index is 1.81. The molecule has 1 aromatic heterocycles. The zero-order valence-electron chi connectivity index (χ0n) is 11.5. The number of benzene rings is 1. The number of amides is 1. The monoisotopic (exact) mass is 325 g/mol. The van der Waals surface area contributed by atoms with Crippen LogP contribution in [0, 0.1) is 0 Å². The number of halogens is 1. The lowest BCUT2D eigenvalue weighted by Crippen LogP contribution is -2.38. The lowest BCUT2D eigenvalue weighted by atomic mass is 10.2. The summed E-state index contributed by atoms with van der Waals surface area (Å²) in [5.74, 6) is 0.291. The predicted octanol–water partition coefficient (Wildman–Crippen LogP) is 3.02. The smallest absolute Gasteiger partial charge is 0.260 e. The molecule has 6 heteroatoms. The number of thiophene rings is 1. The first-order valence-corrected chi connectivity index (χ1v) is 7.78. The summed E-state index contributed by atoms with van der Waals surface area (Å²) in [5.41, 5.74) is 0.798. The molecule has 0 aliphatic rings. The minimum atomic E-state index is -0.706. The van der Waals surface area contributed by atoms with Crippen molar-refractivity contribution >= 4 is 28.8 Å². The van der Waals surface area contributed by atoms with E-state index >= 15 is 0 Å². The molecule has 0 aliphatic heterocycles. The molecule has 2 aromatic rings. The third-order valence-corrected chi connectivity index (χ3v) is 3.85. The first kappa shape index (κ1) is 15.8. The second kappa shape index (κ2) is 7.45. The van der Waals surface area contributed by atoms with Crippen molar-refractivity contribution in [2.24, 2.45) is 0 Å². The Labute approximate surface area is 132 Å². The molecule has 1 amide bonds.